The monoisotopic (exact) mass is 186 g/mol. The highest BCUT2D eigenvalue weighted by Crippen LogP contribution is 2.45. The first-order valence-electron chi connectivity index (χ1n) is 5.13. The molecule has 0 spiro atoms. The Kier molecular flexibility index (Phi) is 3.59. The molecule has 1 unspecified atom stereocenters. The molecule has 0 aliphatic carbocycles. The standard InChI is InChI=1S/C12H26O/c1-10(2,3)8-12(7,9-13)11(4,5)6/h13H,8-9H2,1-7H3. The van der Waals surface area contributed by atoms with Crippen LogP contribution in [0.1, 0.15) is 54.9 Å². The molecule has 0 saturated heterocycles. The van der Waals surface area contributed by atoms with Gasteiger partial charge in [-0.3, -0.25) is 0 Å². The number of aliphatic hydroxyl groups is 1. The first-order valence-corrected chi connectivity index (χ1v) is 5.13. The molecule has 0 amide bonds. The molecule has 0 bridgehead atoms. The summed E-state index contributed by atoms with van der Waals surface area (Å²) in [6, 6.07) is 0. The number of hydrogen-bond acceptors (Lipinski definition) is 1. The molecule has 1 nitrogen and oxygen atoms in total. The Bertz CT molecular complexity index is 159. The van der Waals surface area contributed by atoms with E-state index < -0.39 is 0 Å². The van der Waals surface area contributed by atoms with Crippen molar-refractivity contribution in [2.75, 3.05) is 6.61 Å². The smallest absolute Gasteiger partial charge is 0.0489 e. The fourth-order valence-corrected chi connectivity index (χ4v) is 1.73. The van der Waals surface area contributed by atoms with Gasteiger partial charge in [0.05, 0.1) is 0 Å². The molecule has 0 aromatic rings. The second kappa shape index (κ2) is 3.61. The maximum atomic E-state index is 9.48. The summed E-state index contributed by atoms with van der Waals surface area (Å²) in [5, 5.41) is 9.48. The molecule has 13 heavy (non-hydrogen) atoms. The van der Waals surface area contributed by atoms with Gasteiger partial charge in [-0.05, 0) is 22.7 Å². The van der Waals surface area contributed by atoms with Gasteiger partial charge in [-0.2, -0.15) is 0 Å². The lowest BCUT2D eigenvalue weighted by atomic mass is 9.62. The Morgan fingerprint density at radius 3 is 1.31 bits per heavy atom. The lowest BCUT2D eigenvalue weighted by Crippen LogP contribution is -2.39. The average Bonchev–Trinajstić information content (AvgIpc) is 1.81. The molecule has 0 aliphatic heterocycles. The third-order valence-electron chi connectivity index (χ3n) is 3.08. The highest BCUT2D eigenvalue weighted by Gasteiger charge is 2.39. The highest BCUT2D eigenvalue weighted by atomic mass is 16.3. The van der Waals surface area contributed by atoms with E-state index in [0.29, 0.717) is 0 Å². The third-order valence-corrected chi connectivity index (χ3v) is 3.08. The van der Waals surface area contributed by atoms with Crippen molar-refractivity contribution in [2.24, 2.45) is 16.2 Å². The van der Waals surface area contributed by atoms with Gasteiger partial charge >= 0.3 is 0 Å². The molecule has 0 saturated carbocycles. The molecule has 0 rings (SSSR count). The van der Waals surface area contributed by atoms with E-state index in [0.717, 1.165) is 6.42 Å². The van der Waals surface area contributed by atoms with Crippen LogP contribution in [0.5, 0.6) is 0 Å². The fraction of sp³-hybridized carbons (Fsp3) is 1.00. The molecule has 0 aromatic heterocycles. The van der Waals surface area contributed by atoms with E-state index in [-0.39, 0.29) is 22.9 Å². The summed E-state index contributed by atoms with van der Waals surface area (Å²) in [5.41, 5.74) is 0.463. The van der Waals surface area contributed by atoms with Crippen LogP contribution in [0.3, 0.4) is 0 Å². The van der Waals surface area contributed by atoms with E-state index in [2.05, 4.69) is 48.5 Å². The normalized spacial score (nSPS) is 18.5. The Morgan fingerprint density at radius 2 is 1.23 bits per heavy atom. The molecule has 0 heterocycles. The SMILES string of the molecule is CC(C)(C)CC(C)(CO)C(C)(C)C. The predicted octanol–water partition coefficient (Wildman–Crippen LogP) is 3.47. The predicted molar refractivity (Wildman–Crippen MR) is 58.7 cm³/mol. The zero-order valence-electron chi connectivity index (χ0n) is 10.4. The lowest BCUT2D eigenvalue weighted by Gasteiger charge is -2.44. The van der Waals surface area contributed by atoms with Crippen molar-refractivity contribution in [3.63, 3.8) is 0 Å². The van der Waals surface area contributed by atoms with Crippen LogP contribution in [0.25, 0.3) is 0 Å². The molecule has 0 radical (unpaired) electrons. The van der Waals surface area contributed by atoms with Gasteiger partial charge in [0.2, 0.25) is 0 Å². The Hall–Kier alpha value is -0.0400. The van der Waals surface area contributed by atoms with Gasteiger partial charge in [0.25, 0.3) is 0 Å². The Balaban J connectivity index is 4.67. The van der Waals surface area contributed by atoms with Crippen molar-refractivity contribution in [1.82, 2.24) is 0 Å². The molecule has 80 valence electrons. The van der Waals surface area contributed by atoms with Gasteiger partial charge in [0, 0.05) is 6.61 Å². The van der Waals surface area contributed by atoms with Crippen LogP contribution in [0, 0.1) is 16.2 Å². The van der Waals surface area contributed by atoms with E-state index >= 15 is 0 Å². The highest BCUT2D eigenvalue weighted by molar-refractivity contribution is 4.89. The minimum absolute atomic E-state index is 0.0191. The van der Waals surface area contributed by atoms with Gasteiger partial charge in [0.1, 0.15) is 0 Å². The molecule has 0 fully saturated rings. The van der Waals surface area contributed by atoms with Gasteiger partial charge in [-0.25, -0.2) is 0 Å². The van der Waals surface area contributed by atoms with E-state index in [1.807, 2.05) is 0 Å². The third kappa shape index (κ3) is 3.68. The van der Waals surface area contributed by atoms with E-state index in [4.69, 9.17) is 0 Å². The number of hydrogen-bond donors (Lipinski definition) is 1. The second-order valence-corrected chi connectivity index (χ2v) is 6.71. The summed E-state index contributed by atoms with van der Waals surface area (Å²) >= 11 is 0. The average molecular weight is 186 g/mol. The van der Waals surface area contributed by atoms with Crippen LogP contribution >= 0.6 is 0 Å². The topological polar surface area (TPSA) is 20.2 Å². The van der Waals surface area contributed by atoms with Crippen LogP contribution in [0.2, 0.25) is 0 Å². The van der Waals surface area contributed by atoms with Crippen molar-refractivity contribution in [3.8, 4) is 0 Å². The van der Waals surface area contributed by atoms with Gasteiger partial charge in [-0.1, -0.05) is 48.5 Å². The summed E-state index contributed by atoms with van der Waals surface area (Å²) < 4.78 is 0. The van der Waals surface area contributed by atoms with Crippen molar-refractivity contribution >= 4 is 0 Å². The summed E-state index contributed by atoms with van der Waals surface area (Å²) in [6.07, 6.45) is 1.06. The van der Waals surface area contributed by atoms with E-state index in [1.165, 1.54) is 0 Å². The maximum Gasteiger partial charge on any atom is 0.0489 e. The minimum atomic E-state index is 0.0191. The van der Waals surface area contributed by atoms with Gasteiger partial charge in [0.15, 0.2) is 0 Å². The zero-order chi connectivity index (χ0) is 10.9. The zero-order valence-corrected chi connectivity index (χ0v) is 10.4. The van der Waals surface area contributed by atoms with Crippen molar-refractivity contribution < 1.29 is 5.11 Å². The van der Waals surface area contributed by atoms with Gasteiger partial charge < -0.3 is 5.11 Å². The summed E-state index contributed by atoms with van der Waals surface area (Å²) in [5.74, 6) is 0. The molecular weight excluding hydrogens is 160 g/mol. The van der Waals surface area contributed by atoms with Gasteiger partial charge in [-0.15, -0.1) is 0 Å². The lowest BCUT2D eigenvalue weighted by molar-refractivity contribution is -0.00319. The summed E-state index contributed by atoms with van der Waals surface area (Å²) in [7, 11) is 0. The van der Waals surface area contributed by atoms with Crippen LogP contribution in [0.15, 0.2) is 0 Å². The van der Waals surface area contributed by atoms with Crippen molar-refractivity contribution in [1.29, 1.82) is 0 Å². The van der Waals surface area contributed by atoms with Crippen LogP contribution < -0.4 is 0 Å². The van der Waals surface area contributed by atoms with Crippen LogP contribution in [-0.4, -0.2) is 11.7 Å². The van der Waals surface area contributed by atoms with E-state index in [1.54, 1.807) is 0 Å². The number of aliphatic hydroxyl groups excluding tert-OH is 1. The quantitative estimate of drug-likeness (QED) is 0.700. The van der Waals surface area contributed by atoms with Crippen molar-refractivity contribution in [3.05, 3.63) is 0 Å². The maximum absolute atomic E-state index is 9.48. The first kappa shape index (κ1) is 13.0. The molecule has 0 aliphatic rings. The Labute approximate surface area is 83.5 Å². The molecule has 1 atom stereocenters. The summed E-state index contributed by atoms with van der Waals surface area (Å²) in [4.78, 5) is 0. The van der Waals surface area contributed by atoms with E-state index in [9.17, 15) is 5.11 Å². The van der Waals surface area contributed by atoms with Crippen LogP contribution in [-0.2, 0) is 0 Å². The largest absolute Gasteiger partial charge is 0.396 e. The second-order valence-electron chi connectivity index (χ2n) is 6.71. The first-order chi connectivity index (χ1) is 5.52. The van der Waals surface area contributed by atoms with Crippen molar-refractivity contribution in [2.45, 2.75) is 54.9 Å². The minimum Gasteiger partial charge on any atom is -0.396 e. The molecule has 1 N–H and O–H groups in total. The Morgan fingerprint density at radius 1 is 0.846 bits per heavy atom. The summed E-state index contributed by atoms with van der Waals surface area (Å²) in [6.45, 7) is 15.7. The molecule has 0 aromatic carbocycles. The molecular formula is C12H26O. The van der Waals surface area contributed by atoms with Crippen LogP contribution in [0.4, 0.5) is 0 Å². The fourth-order valence-electron chi connectivity index (χ4n) is 1.73. The molecule has 1 heteroatoms. The number of rotatable bonds is 2.